The van der Waals surface area contributed by atoms with E-state index in [0.717, 1.165) is 18.8 Å². The molecule has 4 rings (SSSR count). The first-order valence-corrected chi connectivity index (χ1v) is 9.17. The Morgan fingerprint density at radius 2 is 1.96 bits per heavy atom. The summed E-state index contributed by atoms with van der Waals surface area (Å²) in [5, 5.41) is 11.9. The molecular weight excluding hydrogens is 352 g/mol. The normalized spacial score (nSPS) is 16.7. The molecule has 3 aromatic rings. The number of anilines is 3. The first kappa shape index (κ1) is 17.9. The van der Waals surface area contributed by atoms with Gasteiger partial charge in [-0.05, 0) is 44.3 Å². The van der Waals surface area contributed by atoms with Gasteiger partial charge in [0.15, 0.2) is 5.69 Å². The van der Waals surface area contributed by atoms with Gasteiger partial charge in [0.1, 0.15) is 24.0 Å². The van der Waals surface area contributed by atoms with Gasteiger partial charge in [-0.1, -0.05) is 0 Å². The van der Waals surface area contributed by atoms with E-state index in [9.17, 15) is 0 Å². The van der Waals surface area contributed by atoms with E-state index < -0.39 is 0 Å². The molecule has 0 spiro atoms. The van der Waals surface area contributed by atoms with Crippen LogP contribution < -0.4 is 10.2 Å². The van der Waals surface area contributed by atoms with Crippen molar-refractivity contribution in [1.29, 1.82) is 5.26 Å². The van der Waals surface area contributed by atoms with Crippen LogP contribution in [0, 0.1) is 11.3 Å². The zero-order chi connectivity index (χ0) is 19.5. The van der Waals surface area contributed by atoms with Gasteiger partial charge in [-0.2, -0.15) is 5.26 Å². The lowest BCUT2D eigenvalue weighted by Gasteiger charge is -2.26. The Labute approximate surface area is 164 Å². The molecular formula is C20H22N8. The number of likely N-dealkylation sites (N-methyl/N-ethyl adjacent to an activating group) is 2. The highest BCUT2D eigenvalue weighted by atomic mass is 15.2. The summed E-state index contributed by atoms with van der Waals surface area (Å²) in [6.45, 7) is 2.26. The van der Waals surface area contributed by atoms with E-state index in [2.05, 4.69) is 68.4 Å². The molecule has 1 N–H and O–H groups in total. The minimum Gasteiger partial charge on any atom is -0.370 e. The first-order chi connectivity index (χ1) is 13.6. The molecule has 8 nitrogen and oxygen atoms in total. The summed E-state index contributed by atoms with van der Waals surface area (Å²) < 4.78 is 1.95. The highest BCUT2D eigenvalue weighted by Crippen LogP contribution is 2.23. The van der Waals surface area contributed by atoms with Crippen molar-refractivity contribution in [2.24, 2.45) is 0 Å². The number of nitriles is 1. The number of imidazole rings is 1. The zero-order valence-electron chi connectivity index (χ0n) is 15.9. The Morgan fingerprint density at radius 1 is 1.14 bits per heavy atom. The van der Waals surface area contributed by atoms with Crippen LogP contribution in [0.1, 0.15) is 12.1 Å². The van der Waals surface area contributed by atoms with Crippen molar-refractivity contribution in [3.63, 3.8) is 0 Å². The molecule has 142 valence electrons. The van der Waals surface area contributed by atoms with E-state index in [1.54, 1.807) is 6.33 Å². The summed E-state index contributed by atoms with van der Waals surface area (Å²) in [5.74, 6) is 1.21. The lowest BCUT2D eigenvalue weighted by molar-refractivity contribution is 0.409. The van der Waals surface area contributed by atoms with Gasteiger partial charge in [0, 0.05) is 31.0 Å². The summed E-state index contributed by atoms with van der Waals surface area (Å²) in [6.07, 6.45) is 7.79. The molecule has 1 aromatic carbocycles. The molecule has 0 amide bonds. The van der Waals surface area contributed by atoms with Crippen LogP contribution >= 0.6 is 0 Å². The molecule has 1 fully saturated rings. The fourth-order valence-corrected chi connectivity index (χ4v) is 3.41. The maximum atomic E-state index is 8.78. The van der Waals surface area contributed by atoms with Crippen LogP contribution in [0.3, 0.4) is 0 Å². The first-order valence-electron chi connectivity index (χ1n) is 9.17. The smallest absolute Gasteiger partial charge is 0.158 e. The van der Waals surface area contributed by atoms with Gasteiger partial charge in [-0.15, -0.1) is 0 Å². The summed E-state index contributed by atoms with van der Waals surface area (Å²) in [6, 6.07) is 11.0. The quantitative estimate of drug-likeness (QED) is 0.734. The minimum absolute atomic E-state index is 0.283. The van der Waals surface area contributed by atoms with Gasteiger partial charge in [0.25, 0.3) is 0 Å². The molecule has 3 heterocycles. The summed E-state index contributed by atoms with van der Waals surface area (Å²) >= 11 is 0. The third-order valence-electron chi connectivity index (χ3n) is 5.07. The van der Waals surface area contributed by atoms with Crippen molar-refractivity contribution < 1.29 is 0 Å². The van der Waals surface area contributed by atoms with Crippen molar-refractivity contribution >= 4 is 17.3 Å². The number of likely N-dealkylation sites (tertiary alicyclic amines) is 1. The Morgan fingerprint density at radius 3 is 2.61 bits per heavy atom. The maximum absolute atomic E-state index is 8.78. The molecule has 0 saturated carbocycles. The number of hydrogen-bond acceptors (Lipinski definition) is 7. The second-order valence-corrected chi connectivity index (χ2v) is 7.02. The lowest BCUT2D eigenvalue weighted by Crippen LogP contribution is -2.33. The average molecular weight is 374 g/mol. The van der Waals surface area contributed by atoms with Crippen LogP contribution in [0.5, 0.6) is 0 Å². The predicted octanol–water partition coefficient (Wildman–Crippen LogP) is 2.42. The topological polar surface area (TPSA) is 85.9 Å². The van der Waals surface area contributed by atoms with E-state index in [-0.39, 0.29) is 5.69 Å². The second kappa shape index (κ2) is 7.66. The van der Waals surface area contributed by atoms with E-state index in [0.29, 0.717) is 17.7 Å². The fourth-order valence-electron chi connectivity index (χ4n) is 3.41. The third kappa shape index (κ3) is 3.80. The standard InChI is InChI=1S/C20H22N8/c1-26-8-7-18(12-26)27(2)16-3-5-17(6-4-16)28-13-20(24-14-28)25-19-11-22-15(9-21)10-23-19/h3-6,10-11,13-14,18H,7-8,12H2,1-2H3,(H,23,25). The number of benzene rings is 1. The monoisotopic (exact) mass is 374 g/mol. The number of nitrogens with zero attached hydrogens (tertiary/aromatic N) is 7. The largest absolute Gasteiger partial charge is 0.370 e. The van der Waals surface area contributed by atoms with Crippen molar-refractivity contribution in [3.8, 4) is 11.8 Å². The second-order valence-electron chi connectivity index (χ2n) is 7.02. The Bertz CT molecular complexity index is 971. The van der Waals surface area contributed by atoms with Crippen molar-refractivity contribution in [2.75, 3.05) is 37.4 Å². The average Bonchev–Trinajstić information content (AvgIpc) is 3.37. The van der Waals surface area contributed by atoms with Crippen LogP contribution in [0.2, 0.25) is 0 Å². The SMILES string of the molecule is CN1CCC(N(C)c2ccc(-n3cnc(Nc4cnc(C#N)cn4)c3)cc2)C1. The van der Waals surface area contributed by atoms with E-state index in [1.807, 2.05) is 16.8 Å². The molecule has 28 heavy (non-hydrogen) atoms. The molecule has 1 saturated heterocycles. The summed E-state index contributed by atoms with van der Waals surface area (Å²) in [7, 11) is 4.34. The van der Waals surface area contributed by atoms with Crippen molar-refractivity contribution in [3.05, 3.63) is 54.9 Å². The number of nitrogens with one attached hydrogen (secondary N) is 1. The molecule has 2 aromatic heterocycles. The molecule has 0 aliphatic carbocycles. The van der Waals surface area contributed by atoms with Crippen LogP contribution in [0.15, 0.2) is 49.2 Å². The lowest BCUT2D eigenvalue weighted by atomic mass is 10.2. The Kier molecular flexibility index (Phi) is 4.91. The van der Waals surface area contributed by atoms with Gasteiger partial charge < -0.3 is 19.7 Å². The number of hydrogen-bond donors (Lipinski definition) is 1. The number of rotatable bonds is 5. The van der Waals surface area contributed by atoms with Crippen LogP contribution in [0.4, 0.5) is 17.3 Å². The number of aromatic nitrogens is 4. The third-order valence-corrected chi connectivity index (χ3v) is 5.07. The predicted molar refractivity (Wildman–Crippen MR) is 108 cm³/mol. The van der Waals surface area contributed by atoms with Gasteiger partial charge in [-0.25, -0.2) is 15.0 Å². The summed E-state index contributed by atoms with van der Waals surface area (Å²) in [4.78, 5) is 17.2. The van der Waals surface area contributed by atoms with Crippen LogP contribution in [-0.4, -0.2) is 57.6 Å². The van der Waals surface area contributed by atoms with Crippen molar-refractivity contribution in [2.45, 2.75) is 12.5 Å². The molecule has 1 atom stereocenters. The zero-order valence-corrected chi connectivity index (χ0v) is 15.9. The van der Waals surface area contributed by atoms with Gasteiger partial charge in [0.05, 0.1) is 18.6 Å². The molecule has 1 unspecified atom stereocenters. The Balaban J connectivity index is 1.44. The molecule has 0 radical (unpaired) electrons. The molecule has 1 aliphatic rings. The van der Waals surface area contributed by atoms with Crippen molar-refractivity contribution in [1.82, 2.24) is 24.4 Å². The molecule has 1 aliphatic heterocycles. The van der Waals surface area contributed by atoms with Gasteiger partial charge in [-0.3, -0.25) is 0 Å². The highest BCUT2D eigenvalue weighted by molar-refractivity contribution is 5.54. The van der Waals surface area contributed by atoms with Crippen LogP contribution in [0.25, 0.3) is 5.69 Å². The van der Waals surface area contributed by atoms with E-state index in [1.165, 1.54) is 24.5 Å². The summed E-state index contributed by atoms with van der Waals surface area (Å²) in [5.41, 5.74) is 2.54. The minimum atomic E-state index is 0.283. The van der Waals surface area contributed by atoms with Gasteiger partial charge in [0.2, 0.25) is 0 Å². The highest BCUT2D eigenvalue weighted by Gasteiger charge is 2.23. The Hall–Kier alpha value is -3.44. The van der Waals surface area contributed by atoms with E-state index in [4.69, 9.17) is 5.26 Å². The van der Waals surface area contributed by atoms with E-state index >= 15 is 0 Å². The van der Waals surface area contributed by atoms with Gasteiger partial charge >= 0.3 is 0 Å². The molecule has 8 heteroatoms. The maximum Gasteiger partial charge on any atom is 0.158 e. The fraction of sp³-hybridized carbons (Fsp3) is 0.300. The van der Waals surface area contributed by atoms with Crippen LogP contribution in [-0.2, 0) is 0 Å². The molecule has 0 bridgehead atoms.